The van der Waals surface area contributed by atoms with Gasteiger partial charge in [-0.15, -0.1) is 0 Å². The van der Waals surface area contributed by atoms with Crippen molar-refractivity contribution in [2.24, 2.45) is 0 Å². The molecule has 7 nitrogen and oxygen atoms in total. The van der Waals surface area contributed by atoms with Gasteiger partial charge >= 0.3 is 6.18 Å². The van der Waals surface area contributed by atoms with E-state index in [1.165, 1.54) is 38.2 Å². The van der Waals surface area contributed by atoms with E-state index in [0.717, 1.165) is 21.9 Å². The topological polar surface area (TPSA) is 96.7 Å². The van der Waals surface area contributed by atoms with Gasteiger partial charge in [0.2, 0.25) is 0 Å². The average molecular weight is 480 g/mol. The van der Waals surface area contributed by atoms with E-state index in [-0.39, 0.29) is 16.9 Å². The summed E-state index contributed by atoms with van der Waals surface area (Å²) in [5.41, 5.74) is -4.82. The number of amides is 2. The fourth-order valence-corrected chi connectivity index (χ4v) is 3.96. The van der Waals surface area contributed by atoms with Crippen molar-refractivity contribution in [3.63, 3.8) is 0 Å². The second-order valence-corrected chi connectivity index (χ2v) is 7.61. The van der Waals surface area contributed by atoms with Gasteiger partial charge in [0.05, 0.1) is 40.7 Å². The van der Waals surface area contributed by atoms with Gasteiger partial charge in [-0.2, -0.15) is 18.4 Å². The summed E-state index contributed by atoms with van der Waals surface area (Å²) >= 11 is 5.32. The fraction of sp³-hybridized carbons (Fsp3) is 0.238. The minimum atomic E-state index is -4.89. The molecule has 2 aromatic carbocycles. The second kappa shape index (κ2) is 8.42. The zero-order valence-corrected chi connectivity index (χ0v) is 18.0. The number of benzene rings is 2. The van der Waals surface area contributed by atoms with Crippen LogP contribution in [0.4, 0.5) is 28.9 Å². The Kier molecular flexibility index (Phi) is 6.14. The lowest BCUT2D eigenvalue weighted by Gasteiger charge is -2.31. The van der Waals surface area contributed by atoms with Crippen LogP contribution in [0.5, 0.6) is 0 Å². The number of thiocarbonyl (C=S) groups is 1. The summed E-state index contributed by atoms with van der Waals surface area (Å²) in [6, 6.07) is 7.76. The van der Waals surface area contributed by atoms with E-state index in [0.29, 0.717) is 6.07 Å². The number of nitriles is 1. The SMILES string of the molecule is CNC(=O)c1cccc(N2C(=S)N(c3ccc(C#N)c(C(F)(F)F)c3)C(=O)C2(C)CO)c1F. The van der Waals surface area contributed by atoms with Crippen molar-refractivity contribution in [3.8, 4) is 6.07 Å². The van der Waals surface area contributed by atoms with Gasteiger partial charge in [-0.05, 0) is 49.5 Å². The number of halogens is 4. The highest BCUT2D eigenvalue weighted by Gasteiger charge is 2.54. The summed E-state index contributed by atoms with van der Waals surface area (Å²) in [5.74, 6) is -2.71. The summed E-state index contributed by atoms with van der Waals surface area (Å²) < 4.78 is 55.5. The smallest absolute Gasteiger partial charge is 0.393 e. The highest BCUT2D eigenvalue weighted by atomic mass is 32.1. The molecule has 3 rings (SSSR count). The summed E-state index contributed by atoms with van der Waals surface area (Å²) in [6.45, 7) is 0.372. The molecule has 33 heavy (non-hydrogen) atoms. The molecule has 0 saturated carbocycles. The molecule has 0 spiro atoms. The van der Waals surface area contributed by atoms with Crippen molar-refractivity contribution in [2.45, 2.75) is 18.6 Å². The number of aliphatic hydroxyl groups is 1. The van der Waals surface area contributed by atoms with Crippen molar-refractivity contribution < 1.29 is 32.3 Å². The minimum absolute atomic E-state index is 0.318. The van der Waals surface area contributed by atoms with E-state index in [2.05, 4.69) is 5.32 Å². The molecule has 1 aliphatic rings. The standard InChI is InChI=1S/C21H16F4N4O3S/c1-20(10-30)18(32)28(12-7-6-11(9-26)14(8-12)21(23,24)25)19(33)29(20)15-5-3-4-13(16(15)22)17(31)27-2/h3-8,30H,10H2,1-2H3,(H,27,31). The number of carbonyl (C=O) groups excluding carboxylic acids is 2. The van der Waals surface area contributed by atoms with Crippen molar-refractivity contribution >= 4 is 40.5 Å². The van der Waals surface area contributed by atoms with Crippen LogP contribution in [-0.2, 0) is 11.0 Å². The molecule has 1 aliphatic heterocycles. The van der Waals surface area contributed by atoms with Crippen molar-refractivity contribution in [1.29, 1.82) is 5.26 Å². The van der Waals surface area contributed by atoms with Gasteiger partial charge in [0.1, 0.15) is 5.54 Å². The Morgan fingerprint density at radius 3 is 2.52 bits per heavy atom. The van der Waals surface area contributed by atoms with Gasteiger partial charge in [0.15, 0.2) is 10.9 Å². The van der Waals surface area contributed by atoms with Crippen LogP contribution in [-0.4, -0.2) is 41.2 Å². The maximum absolute atomic E-state index is 15.2. The maximum atomic E-state index is 15.2. The van der Waals surface area contributed by atoms with Gasteiger partial charge in [-0.1, -0.05) is 6.07 Å². The minimum Gasteiger partial charge on any atom is -0.393 e. The van der Waals surface area contributed by atoms with Crippen molar-refractivity contribution in [3.05, 3.63) is 58.9 Å². The van der Waals surface area contributed by atoms with E-state index in [1.807, 2.05) is 0 Å². The zero-order chi connectivity index (χ0) is 24.7. The zero-order valence-electron chi connectivity index (χ0n) is 17.2. The molecule has 1 saturated heterocycles. The molecule has 0 aromatic heterocycles. The molecule has 0 aliphatic carbocycles. The predicted molar refractivity (Wildman–Crippen MR) is 114 cm³/mol. The normalized spacial score (nSPS) is 18.5. The Hall–Kier alpha value is -3.56. The van der Waals surface area contributed by atoms with E-state index >= 15 is 4.39 Å². The van der Waals surface area contributed by atoms with Crippen LogP contribution in [0, 0.1) is 17.1 Å². The molecule has 0 bridgehead atoms. The Labute approximate surface area is 190 Å². The van der Waals surface area contributed by atoms with E-state index in [9.17, 15) is 27.9 Å². The van der Waals surface area contributed by atoms with Crippen LogP contribution in [0.2, 0.25) is 0 Å². The number of anilines is 2. The average Bonchev–Trinajstić information content (AvgIpc) is 2.98. The van der Waals surface area contributed by atoms with Gasteiger partial charge in [0.25, 0.3) is 11.8 Å². The highest BCUT2D eigenvalue weighted by molar-refractivity contribution is 7.81. The first-order valence-corrected chi connectivity index (χ1v) is 9.74. The predicted octanol–water partition coefficient (Wildman–Crippen LogP) is 2.96. The number of carbonyl (C=O) groups is 2. The van der Waals surface area contributed by atoms with Gasteiger partial charge in [-0.25, -0.2) is 4.39 Å². The number of hydrogen-bond acceptors (Lipinski definition) is 5. The molecule has 0 radical (unpaired) electrons. The molecule has 12 heteroatoms. The molecule has 1 fully saturated rings. The van der Waals surface area contributed by atoms with E-state index in [4.69, 9.17) is 17.5 Å². The molecule has 1 unspecified atom stereocenters. The number of nitrogens with one attached hydrogen (secondary N) is 1. The molecule has 2 N–H and O–H groups in total. The number of nitrogens with zero attached hydrogens (tertiary/aromatic N) is 3. The Balaban J connectivity index is 2.20. The Morgan fingerprint density at radius 1 is 1.30 bits per heavy atom. The summed E-state index contributed by atoms with van der Waals surface area (Å²) in [6.07, 6.45) is -4.89. The quantitative estimate of drug-likeness (QED) is 0.516. The largest absolute Gasteiger partial charge is 0.417 e. The Bertz CT molecular complexity index is 1210. The number of aliphatic hydroxyl groups excluding tert-OH is 1. The second-order valence-electron chi connectivity index (χ2n) is 7.25. The van der Waals surface area contributed by atoms with Gasteiger partial charge in [0, 0.05) is 7.05 Å². The molecule has 2 aromatic rings. The molecule has 172 valence electrons. The van der Waals surface area contributed by atoms with Crippen molar-refractivity contribution in [1.82, 2.24) is 5.32 Å². The van der Waals surface area contributed by atoms with Gasteiger partial charge < -0.3 is 10.4 Å². The number of rotatable bonds is 4. The summed E-state index contributed by atoms with van der Waals surface area (Å²) in [5, 5.41) is 20.9. The van der Waals surface area contributed by atoms with Crippen LogP contribution in [0.3, 0.4) is 0 Å². The first kappa shape index (κ1) is 24.1. The lowest BCUT2D eigenvalue weighted by atomic mass is 10.00. The molecular weight excluding hydrogens is 464 g/mol. The highest BCUT2D eigenvalue weighted by Crippen LogP contribution is 2.40. The number of alkyl halides is 3. The van der Waals surface area contributed by atoms with Crippen LogP contribution in [0.15, 0.2) is 36.4 Å². The van der Waals surface area contributed by atoms with E-state index in [1.54, 1.807) is 0 Å². The third-order valence-electron chi connectivity index (χ3n) is 5.23. The molecule has 2 amide bonds. The molecule has 1 atom stereocenters. The van der Waals surface area contributed by atoms with Crippen LogP contribution >= 0.6 is 12.2 Å². The fourth-order valence-electron chi connectivity index (χ4n) is 3.48. The Morgan fingerprint density at radius 2 is 1.97 bits per heavy atom. The molecular formula is C21H16F4N4O3S. The third-order valence-corrected chi connectivity index (χ3v) is 5.59. The van der Waals surface area contributed by atoms with Crippen molar-refractivity contribution in [2.75, 3.05) is 23.5 Å². The van der Waals surface area contributed by atoms with Gasteiger partial charge in [-0.3, -0.25) is 19.4 Å². The monoisotopic (exact) mass is 480 g/mol. The lowest BCUT2D eigenvalue weighted by Crippen LogP contribution is -2.50. The van der Waals surface area contributed by atoms with Crippen LogP contribution in [0.25, 0.3) is 0 Å². The first-order chi connectivity index (χ1) is 15.4. The lowest BCUT2D eigenvalue weighted by molar-refractivity contribution is -0.137. The number of hydrogen-bond donors (Lipinski definition) is 2. The van der Waals surface area contributed by atoms with Crippen LogP contribution < -0.4 is 15.1 Å². The third kappa shape index (κ3) is 3.79. The van der Waals surface area contributed by atoms with E-state index < -0.39 is 52.2 Å². The van der Waals surface area contributed by atoms with Crippen LogP contribution in [0.1, 0.15) is 28.4 Å². The molecule has 1 heterocycles. The maximum Gasteiger partial charge on any atom is 0.417 e. The summed E-state index contributed by atoms with van der Waals surface area (Å²) in [7, 11) is 1.29. The summed E-state index contributed by atoms with van der Waals surface area (Å²) in [4.78, 5) is 26.9. The first-order valence-electron chi connectivity index (χ1n) is 9.34.